The van der Waals surface area contributed by atoms with Gasteiger partial charge in [0.1, 0.15) is 5.75 Å². The van der Waals surface area contributed by atoms with Crippen molar-refractivity contribution < 1.29 is 28.5 Å². The summed E-state index contributed by atoms with van der Waals surface area (Å²) in [6, 6.07) is 10.5. The summed E-state index contributed by atoms with van der Waals surface area (Å²) < 4.78 is 20.9. The average molecular weight is 399 g/mol. The Morgan fingerprint density at radius 1 is 1.00 bits per heavy atom. The minimum atomic E-state index is -0.679. The zero-order valence-electron chi connectivity index (χ0n) is 16.3. The van der Waals surface area contributed by atoms with Crippen molar-refractivity contribution in [3.05, 3.63) is 47.7 Å². The van der Waals surface area contributed by atoms with Crippen LogP contribution in [0.2, 0.25) is 0 Å². The van der Waals surface area contributed by atoms with Crippen molar-refractivity contribution >= 4 is 22.8 Å². The lowest BCUT2D eigenvalue weighted by atomic mass is 10.1. The second-order valence-corrected chi connectivity index (χ2v) is 5.99. The lowest BCUT2D eigenvalue weighted by Gasteiger charge is -2.14. The summed E-state index contributed by atoms with van der Waals surface area (Å²) in [5.41, 5.74) is 1.53. The molecule has 0 saturated heterocycles. The van der Waals surface area contributed by atoms with Gasteiger partial charge < -0.3 is 24.3 Å². The van der Waals surface area contributed by atoms with E-state index in [1.807, 2.05) is 6.07 Å². The highest BCUT2D eigenvalue weighted by Crippen LogP contribution is 2.34. The highest BCUT2D eigenvalue weighted by Gasteiger charge is 2.17. The lowest BCUT2D eigenvalue weighted by Crippen LogP contribution is -2.28. The monoisotopic (exact) mass is 399 g/mol. The van der Waals surface area contributed by atoms with Gasteiger partial charge in [0.15, 0.2) is 23.8 Å². The van der Waals surface area contributed by atoms with Crippen molar-refractivity contribution in [2.24, 2.45) is 0 Å². The molecule has 0 aliphatic carbocycles. The zero-order chi connectivity index (χ0) is 20.8. The van der Waals surface area contributed by atoms with Gasteiger partial charge in [-0.1, -0.05) is 18.2 Å². The average Bonchev–Trinajstić information content (AvgIpc) is 3.19. The molecule has 0 fully saturated rings. The van der Waals surface area contributed by atoms with Gasteiger partial charge in [0, 0.05) is 23.6 Å². The van der Waals surface area contributed by atoms with Crippen molar-refractivity contribution in [1.29, 1.82) is 0 Å². The molecule has 9 nitrogen and oxygen atoms in total. The number of nitrogens with one attached hydrogen (secondary N) is 2. The summed E-state index contributed by atoms with van der Waals surface area (Å²) in [7, 11) is 4.56. The molecule has 152 valence electrons. The Morgan fingerprint density at radius 3 is 2.41 bits per heavy atom. The van der Waals surface area contributed by atoms with E-state index in [-0.39, 0.29) is 12.2 Å². The topological polar surface area (TPSA) is 112 Å². The molecule has 0 saturated carbocycles. The minimum absolute atomic E-state index is 0.134. The molecule has 1 amide bonds. The number of hydrogen-bond acceptors (Lipinski definition) is 7. The van der Waals surface area contributed by atoms with Gasteiger partial charge in [-0.2, -0.15) is 5.10 Å². The number of carbonyl (C=O) groups excluding carboxylic acids is 2. The van der Waals surface area contributed by atoms with Gasteiger partial charge in [-0.3, -0.25) is 9.89 Å². The van der Waals surface area contributed by atoms with E-state index in [0.717, 1.165) is 0 Å². The van der Waals surface area contributed by atoms with E-state index in [9.17, 15) is 9.59 Å². The van der Waals surface area contributed by atoms with Gasteiger partial charge in [-0.15, -0.1) is 0 Å². The van der Waals surface area contributed by atoms with E-state index in [2.05, 4.69) is 15.5 Å². The van der Waals surface area contributed by atoms with Gasteiger partial charge in [-0.25, -0.2) is 4.79 Å². The minimum Gasteiger partial charge on any atom is -0.496 e. The molecule has 1 aromatic heterocycles. The summed E-state index contributed by atoms with van der Waals surface area (Å²) in [6.45, 7) is -0.277. The van der Waals surface area contributed by atoms with E-state index >= 15 is 0 Å². The maximum atomic E-state index is 12.2. The molecule has 3 aromatic rings. The third kappa shape index (κ3) is 4.40. The van der Waals surface area contributed by atoms with Crippen LogP contribution in [0.4, 0.5) is 0 Å². The fourth-order valence-corrected chi connectivity index (χ4v) is 2.79. The summed E-state index contributed by atoms with van der Waals surface area (Å²) >= 11 is 0. The Morgan fingerprint density at radius 2 is 1.69 bits per heavy atom. The number of fused-ring (bicyclic) bond motifs is 1. The van der Waals surface area contributed by atoms with Crippen LogP contribution >= 0.6 is 0 Å². The first-order valence-corrected chi connectivity index (χ1v) is 8.73. The first-order valence-electron chi connectivity index (χ1n) is 8.73. The molecule has 0 spiro atoms. The van der Waals surface area contributed by atoms with Gasteiger partial charge in [0.2, 0.25) is 0 Å². The van der Waals surface area contributed by atoms with Crippen LogP contribution in [0.5, 0.6) is 17.2 Å². The Labute approximate surface area is 166 Å². The Bertz CT molecular complexity index is 1030. The van der Waals surface area contributed by atoms with E-state index in [4.69, 9.17) is 18.9 Å². The number of benzene rings is 2. The summed E-state index contributed by atoms with van der Waals surface area (Å²) in [5.74, 6) is 0.410. The number of amides is 1. The van der Waals surface area contributed by atoms with Gasteiger partial charge in [0.05, 0.1) is 26.8 Å². The molecule has 0 bridgehead atoms. The maximum absolute atomic E-state index is 12.2. The highest BCUT2D eigenvalue weighted by molar-refractivity contribution is 6.02. The maximum Gasteiger partial charge on any atom is 0.359 e. The van der Waals surface area contributed by atoms with Crippen LogP contribution < -0.4 is 19.5 Å². The number of aromatic amines is 1. The standard InChI is InChI=1S/C20H21N3O6/c1-26-15-9-17(28-3)16(27-2)8-12(15)10-21-18(24)11-29-20(25)19-13-6-4-5-7-14(13)22-23-19/h4-9H,10-11H2,1-3H3,(H,21,24)(H,22,23). The van der Waals surface area contributed by atoms with Crippen molar-refractivity contribution in [2.75, 3.05) is 27.9 Å². The fourth-order valence-electron chi connectivity index (χ4n) is 2.79. The van der Waals surface area contributed by atoms with Crippen LogP contribution in [-0.4, -0.2) is 50.0 Å². The predicted octanol–water partition coefficient (Wildman–Crippen LogP) is 2.06. The van der Waals surface area contributed by atoms with Crippen molar-refractivity contribution in [2.45, 2.75) is 6.54 Å². The van der Waals surface area contributed by atoms with Crippen LogP contribution in [0.15, 0.2) is 36.4 Å². The fraction of sp³-hybridized carbons (Fsp3) is 0.250. The van der Waals surface area contributed by atoms with Crippen LogP contribution in [0, 0.1) is 0 Å². The van der Waals surface area contributed by atoms with E-state index in [1.165, 1.54) is 21.3 Å². The van der Waals surface area contributed by atoms with Crippen molar-refractivity contribution in [3.63, 3.8) is 0 Å². The second kappa shape index (κ2) is 8.96. The van der Waals surface area contributed by atoms with Crippen LogP contribution in [-0.2, 0) is 16.1 Å². The number of aromatic nitrogens is 2. The number of methoxy groups -OCH3 is 3. The zero-order valence-corrected chi connectivity index (χ0v) is 16.3. The number of nitrogens with zero attached hydrogens (tertiary/aromatic N) is 1. The Hall–Kier alpha value is -3.75. The Kier molecular flexibility index (Phi) is 6.18. The highest BCUT2D eigenvalue weighted by atomic mass is 16.5. The number of esters is 1. The predicted molar refractivity (Wildman–Crippen MR) is 104 cm³/mol. The number of carbonyl (C=O) groups is 2. The SMILES string of the molecule is COc1cc(OC)c(OC)cc1CNC(=O)COC(=O)c1n[nH]c2ccccc12. The van der Waals surface area contributed by atoms with E-state index < -0.39 is 18.5 Å². The van der Waals surface area contributed by atoms with E-state index in [1.54, 1.807) is 30.3 Å². The smallest absolute Gasteiger partial charge is 0.359 e. The number of H-pyrrole nitrogens is 1. The van der Waals surface area contributed by atoms with E-state index in [0.29, 0.717) is 33.7 Å². The molecular formula is C20H21N3O6. The molecule has 0 aliphatic rings. The number of hydrogen-bond donors (Lipinski definition) is 2. The summed E-state index contributed by atoms with van der Waals surface area (Å²) in [6.07, 6.45) is 0. The molecule has 29 heavy (non-hydrogen) atoms. The van der Waals surface area contributed by atoms with Crippen LogP contribution in [0.1, 0.15) is 16.1 Å². The molecule has 0 atom stereocenters. The molecule has 0 unspecified atom stereocenters. The summed E-state index contributed by atoms with van der Waals surface area (Å²) in [4.78, 5) is 24.3. The normalized spacial score (nSPS) is 10.4. The second-order valence-electron chi connectivity index (χ2n) is 5.99. The molecule has 9 heteroatoms. The molecule has 0 radical (unpaired) electrons. The summed E-state index contributed by atoms with van der Waals surface area (Å²) in [5, 5.41) is 10.0. The first-order chi connectivity index (χ1) is 14.1. The van der Waals surface area contributed by atoms with Gasteiger partial charge >= 0.3 is 5.97 Å². The molecule has 2 aromatic carbocycles. The third-order valence-electron chi connectivity index (χ3n) is 4.26. The molecule has 1 heterocycles. The van der Waals surface area contributed by atoms with Crippen molar-refractivity contribution in [3.8, 4) is 17.2 Å². The molecule has 2 N–H and O–H groups in total. The largest absolute Gasteiger partial charge is 0.496 e. The first kappa shape index (κ1) is 20.0. The van der Waals surface area contributed by atoms with Gasteiger partial charge in [-0.05, 0) is 12.1 Å². The number of rotatable bonds is 8. The number of ether oxygens (including phenoxy) is 4. The quantitative estimate of drug-likeness (QED) is 0.558. The molecular weight excluding hydrogens is 378 g/mol. The van der Waals surface area contributed by atoms with Crippen LogP contribution in [0.3, 0.4) is 0 Å². The lowest BCUT2D eigenvalue weighted by molar-refractivity contribution is -0.124. The van der Waals surface area contributed by atoms with Crippen LogP contribution in [0.25, 0.3) is 10.9 Å². The number of para-hydroxylation sites is 1. The molecule has 3 rings (SSSR count). The molecule has 0 aliphatic heterocycles. The Balaban J connectivity index is 1.59. The van der Waals surface area contributed by atoms with Gasteiger partial charge in [0.25, 0.3) is 5.91 Å². The van der Waals surface area contributed by atoms with Crippen molar-refractivity contribution in [1.82, 2.24) is 15.5 Å². The third-order valence-corrected chi connectivity index (χ3v) is 4.26.